The number of imide groups is 1. The molecule has 1 unspecified atom stereocenters. The van der Waals surface area contributed by atoms with Crippen LogP contribution in [0.1, 0.15) is 35.3 Å². The maximum Gasteiger partial charge on any atom is 0.417 e. The van der Waals surface area contributed by atoms with E-state index in [1.54, 1.807) is 0 Å². The van der Waals surface area contributed by atoms with Crippen LogP contribution in [-0.4, -0.2) is 23.2 Å². The molecule has 1 aliphatic rings. The number of amides is 2. The first-order valence-electron chi connectivity index (χ1n) is 10.5. The lowest BCUT2D eigenvalue weighted by Crippen LogP contribution is -2.40. The standard InChI is InChI=1S/C26H21ClFNO4/c27-21-12-7-13-22(28)20(21)16-19(14-15-30)25(31)29-23(17-8-3-1-4-9-17)24(33-26(29)32)18-10-5-2-6-11-18/h1-13,15,19,23-24H,14,16H2/t19?,23-,24+/m1/s1. The summed E-state index contributed by atoms with van der Waals surface area (Å²) in [6.07, 6.45) is -1.25. The third kappa shape index (κ3) is 4.66. The van der Waals surface area contributed by atoms with Crippen LogP contribution in [0.15, 0.2) is 78.9 Å². The summed E-state index contributed by atoms with van der Waals surface area (Å²) in [5.74, 6) is -2.17. The van der Waals surface area contributed by atoms with E-state index < -0.39 is 35.9 Å². The molecule has 5 nitrogen and oxygen atoms in total. The van der Waals surface area contributed by atoms with Gasteiger partial charge in [-0.2, -0.15) is 0 Å². The number of hydrogen-bond acceptors (Lipinski definition) is 4. The van der Waals surface area contributed by atoms with Gasteiger partial charge in [0.2, 0.25) is 5.91 Å². The molecule has 7 heteroatoms. The molecule has 1 aliphatic heterocycles. The van der Waals surface area contributed by atoms with Crippen molar-refractivity contribution < 1.29 is 23.5 Å². The number of rotatable bonds is 7. The third-order valence-corrected chi connectivity index (χ3v) is 6.09. The van der Waals surface area contributed by atoms with Crippen LogP contribution >= 0.6 is 11.6 Å². The molecule has 1 saturated heterocycles. The van der Waals surface area contributed by atoms with Gasteiger partial charge in [-0.15, -0.1) is 0 Å². The summed E-state index contributed by atoms with van der Waals surface area (Å²) < 4.78 is 20.1. The minimum Gasteiger partial charge on any atom is -0.438 e. The monoisotopic (exact) mass is 465 g/mol. The highest BCUT2D eigenvalue weighted by molar-refractivity contribution is 6.31. The molecule has 3 atom stereocenters. The van der Waals surface area contributed by atoms with Gasteiger partial charge in [-0.25, -0.2) is 14.1 Å². The predicted octanol–water partition coefficient (Wildman–Crippen LogP) is 5.69. The lowest BCUT2D eigenvalue weighted by atomic mass is 9.91. The lowest BCUT2D eigenvalue weighted by molar-refractivity contribution is -0.135. The normalized spacial score (nSPS) is 18.6. The molecule has 0 radical (unpaired) electrons. The zero-order chi connectivity index (χ0) is 23.4. The Morgan fingerprint density at radius 1 is 1.00 bits per heavy atom. The van der Waals surface area contributed by atoms with Crippen LogP contribution in [0.5, 0.6) is 0 Å². The molecular weight excluding hydrogens is 445 g/mol. The smallest absolute Gasteiger partial charge is 0.417 e. The molecule has 3 aromatic rings. The largest absolute Gasteiger partial charge is 0.438 e. The molecule has 0 aromatic heterocycles. The zero-order valence-electron chi connectivity index (χ0n) is 17.6. The molecule has 0 spiro atoms. The number of hydrogen-bond donors (Lipinski definition) is 0. The predicted molar refractivity (Wildman–Crippen MR) is 121 cm³/mol. The van der Waals surface area contributed by atoms with Crippen LogP contribution in [0.2, 0.25) is 5.02 Å². The van der Waals surface area contributed by atoms with Gasteiger partial charge in [0.25, 0.3) is 0 Å². The fourth-order valence-corrected chi connectivity index (χ4v) is 4.37. The molecule has 0 aliphatic carbocycles. The van der Waals surface area contributed by atoms with Gasteiger partial charge < -0.3 is 9.53 Å². The van der Waals surface area contributed by atoms with Gasteiger partial charge in [-0.1, -0.05) is 78.3 Å². The fraction of sp³-hybridized carbons (Fsp3) is 0.192. The van der Waals surface area contributed by atoms with E-state index in [9.17, 15) is 18.8 Å². The van der Waals surface area contributed by atoms with Crippen LogP contribution in [0, 0.1) is 11.7 Å². The summed E-state index contributed by atoms with van der Waals surface area (Å²) >= 11 is 6.15. The Morgan fingerprint density at radius 2 is 1.64 bits per heavy atom. The van der Waals surface area contributed by atoms with Crippen molar-refractivity contribution in [2.45, 2.75) is 25.0 Å². The Balaban J connectivity index is 1.73. The van der Waals surface area contributed by atoms with Gasteiger partial charge in [-0.3, -0.25) is 4.79 Å². The molecule has 3 aromatic carbocycles. The van der Waals surface area contributed by atoms with E-state index in [0.29, 0.717) is 11.8 Å². The molecule has 0 bridgehead atoms. The maximum absolute atomic E-state index is 14.4. The molecular formula is C26H21ClFNO4. The van der Waals surface area contributed by atoms with E-state index in [4.69, 9.17) is 16.3 Å². The van der Waals surface area contributed by atoms with Crippen molar-refractivity contribution in [3.63, 3.8) is 0 Å². The Kier molecular flexibility index (Phi) is 6.84. The average molecular weight is 466 g/mol. The Labute approximate surface area is 195 Å². The summed E-state index contributed by atoms with van der Waals surface area (Å²) in [6.45, 7) is 0. The highest BCUT2D eigenvalue weighted by Crippen LogP contribution is 2.44. The van der Waals surface area contributed by atoms with Gasteiger partial charge in [0.05, 0.1) is 0 Å². The molecule has 2 amide bonds. The van der Waals surface area contributed by atoms with Crippen molar-refractivity contribution in [3.05, 3.63) is 106 Å². The number of nitrogens with zero attached hydrogens (tertiary/aromatic N) is 1. The fourth-order valence-electron chi connectivity index (χ4n) is 4.13. The average Bonchev–Trinajstić information content (AvgIpc) is 3.18. The minimum absolute atomic E-state index is 0.121. The first-order chi connectivity index (χ1) is 16.0. The third-order valence-electron chi connectivity index (χ3n) is 5.74. The van der Waals surface area contributed by atoms with Crippen LogP contribution in [0.4, 0.5) is 9.18 Å². The minimum atomic E-state index is -0.981. The number of carbonyl (C=O) groups excluding carboxylic acids is 3. The first-order valence-corrected chi connectivity index (χ1v) is 10.9. The highest BCUT2D eigenvalue weighted by Gasteiger charge is 2.48. The van der Waals surface area contributed by atoms with Gasteiger partial charge in [0, 0.05) is 22.9 Å². The van der Waals surface area contributed by atoms with E-state index >= 15 is 0 Å². The van der Waals surface area contributed by atoms with Crippen LogP contribution in [-0.2, 0) is 20.7 Å². The molecule has 33 heavy (non-hydrogen) atoms. The second-order valence-electron chi connectivity index (χ2n) is 7.78. The number of aldehydes is 1. The highest BCUT2D eigenvalue weighted by atomic mass is 35.5. The van der Waals surface area contributed by atoms with Gasteiger partial charge in [-0.05, 0) is 29.7 Å². The quantitative estimate of drug-likeness (QED) is 0.420. The van der Waals surface area contributed by atoms with E-state index in [1.807, 2.05) is 60.7 Å². The van der Waals surface area contributed by atoms with Gasteiger partial charge >= 0.3 is 6.09 Å². The van der Waals surface area contributed by atoms with Gasteiger partial charge in [0.15, 0.2) is 6.10 Å². The van der Waals surface area contributed by atoms with Crippen molar-refractivity contribution in [2.24, 2.45) is 5.92 Å². The second kappa shape index (κ2) is 9.96. The van der Waals surface area contributed by atoms with E-state index in [0.717, 1.165) is 10.5 Å². The Morgan fingerprint density at radius 3 is 2.24 bits per heavy atom. The zero-order valence-corrected chi connectivity index (χ0v) is 18.3. The summed E-state index contributed by atoms with van der Waals surface area (Å²) in [4.78, 5) is 39.1. The lowest BCUT2D eigenvalue weighted by Gasteiger charge is -2.27. The molecule has 1 heterocycles. The van der Waals surface area contributed by atoms with Crippen LogP contribution < -0.4 is 0 Å². The van der Waals surface area contributed by atoms with Crippen molar-refractivity contribution in [3.8, 4) is 0 Å². The molecule has 4 rings (SSSR count). The number of halogens is 2. The van der Waals surface area contributed by atoms with E-state index in [-0.39, 0.29) is 23.4 Å². The number of benzene rings is 3. The van der Waals surface area contributed by atoms with Crippen molar-refractivity contribution in [1.82, 2.24) is 4.90 Å². The van der Waals surface area contributed by atoms with Crippen LogP contribution in [0.3, 0.4) is 0 Å². The summed E-state index contributed by atoms with van der Waals surface area (Å²) in [5.41, 5.74) is 1.57. The SMILES string of the molecule is O=CCC(Cc1c(F)cccc1Cl)C(=O)N1C(=O)O[C@@H](c2ccccc2)[C@H]1c1ccccc1. The topological polar surface area (TPSA) is 63.7 Å². The summed E-state index contributed by atoms with van der Waals surface area (Å²) in [6, 6.07) is 21.7. The van der Waals surface area contributed by atoms with Crippen molar-refractivity contribution in [2.75, 3.05) is 0 Å². The van der Waals surface area contributed by atoms with Crippen LogP contribution in [0.25, 0.3) is 0 Å². The molecule has 168 valence electrons. The van der Waals surface area contributed by atoms with Crippen molar-refractivity contribution in [1.29, 1.82) is 0 Å². The Hall–Kier alpha value is -3.51. The molecule has 0 saturated carbocycles. The molecule has 1 fully saturated rings. The number of ether oxygens (including phenoxy) is 1. The number of cyclic esters (lactones) is 1. The second-order valence-corrected chi connectivity index (χ2v) is 8.19. The number of carbonyl (C=O) groups is 3. The first kappa shape index (κ1) is 22.7. The van der Waals surface area contributed by atoms with E-state index in [1.165, 1.54) is 18.2 Å². The molecule has 0 N–H and O–H groups in total. The van der Waals surface area contributed by atoms with Crippen molar-refractivity contribution >= 4 is 29.9 Å². The summed E-state index contributed by atoms with van der Waals surface area (Å²) in [7, 11) is 0. The summed E-state index contributed by atoms with van der Waals surface area (Å²) in [5, 5.41) is 0.157. The van der Waals surface area contributed by atoms with E-state index in [2.05, 4.69) is 0 Å². The van der Waals surface area contributed by atoms with Gasteiger partial charge in [0.1, 0.15) is 18.1 Å². The maximum atomic E-state index is 14.4. The Bertz CT molecular complexity index is 1140.